The van der Waals surface area contributed by atoms with E-state index in [2.05, 4.69) is 22.4 Å². The van der Waals surface area contributed by atoms with Gasteiger partial charge in [0.2, 0.25) is 0 Å². The van der Waals surface area contributed by atoms with Crippen molar-refractivity contribution >= 4 is 0 Å². The maximum Gasteiger partial charge on any atom is 0.122 e. The van der Waals surface area contributed by atoms with Crippen LogP contribution in [0.25, 0.3) is 0 Å². The normalized spacial score (nSPS) is 16.7. The van der Waals surface area contributed by atoms with Crippen LogP contribution in [-0.2, 0) is 11.3 Å². The summed E-state index contributed by atoms with van der Waals surface area (Å²) in [5, 5.41) is 12.5. The zero-order chi connectivity index (χ0) is 16.8. The van der Waals surface area contributed by atoms with E-state index in [4.69, 9.17) is 14.4 Å². The molecule has 0 spiro atoms. The molecule has 0 amide bonds. The second-order valence-corrected chi connectivity index (χ2v) is 6.06. The molecule has 2 aromatic rings. The maximum absolute atomic E-state index is 9.00. The van der Waals surface area contributed by atoms with Gasteiger partial charge in [-0.05, 0) is 36.8 Å². The molecule has 1 aromatic heterocycles. The van der Waals surface area contributed by atoms with Crippen LogP contribution in [-0.4, -0.2) is 37.7 Å². The highest BCUT2D eigenvalue weighted by molar-refractivity contribution is 5.32. The van der Waals surface area contributed by atoms with Gasteiger partial charge in [0.15, 0.2) is 0 Å². The highest BCUT2D eigenvalue weighted by Crippen LogP contribution is 2.23. The van der Waals surface area contributed by atoms with Gasteiger partial charge in [-0.3, -0.25) is 4.90 Å². The van der Waals surface area contributed by atoms with Gasteiger partial charge in [0.1, 0.15) is 11.5 Å². The van der Waals surface area contributed by atoms with E-state index in [9.17, 15) is 0 Å². The minimum Gasteiger partial charge on any atom is -0.465 e. The fourth-order valence-corrected chi connectivity index (χ4v) is 3.04. The van der Waals surface area contributed by atoms with Gasteiger partial charge < -0.3 is 14.5 Å². The van der Waals surface area contributed by atoms with Crippen LogP contribution in [0.2, 0.25) is 0 Å². The SMILES string of the molecule is Cc1ccc([C@H](CNCc2cccc(C#N)c2)N2CCOCC2)o1. The van der Waals surface area contributed by atoms with Gasteiger partial charge in [-0.15, -0.1) is 0 Å². The number of nitrogens with zero attached hydrogens (tertiary/aromatic N) is 2. The van der Waals surface area contributed by atoms with Crippen molar-refractivity contribution in [3.05, 3.63) is 59.0 Å². The first-order valence-electron chi connectivity index (χ1n) is 8.34. The van der Waals surface area contributed by atoms with E-state index >= 15 is 0 Å². The topological polar surface area (TPSA) is 61.4 Å². The Morgan fingerprint density at radius 1 is 1.25 bits per heavy atom. The molecule has 24 heavy (non-hydrogen) atoms. The molecule has 2 heterocycles. The number of rotatable bonds is 6. The van der Waals surface area contributed by atoms with Crippen LogP contribution in [0.3, 0.4) is 0 Å². The van der Waals surface area contributed by atoms with Gasteiger partial charge in [0, 0.05) is 26.2 Å². The first kappa shape index (κ1) is 16.7. The summed E-state index contributed by atoms with van der Waals surface area (Å²) in [6.07, 6.45) is 0. The molecule has 126 valence electrons. The molecule has 1 aromatic carbocycles. The zero-order valence-electron chi connectivity index (χ0n) is 14.0. The molecule has 1 aliphatic heterocycles. The van der Waals surface area contributed by atoms with Gasteiger partial charge in [0.25, 0.3) is 0 Å². The Morgan fingerprint density at radius 2 is 2.08 bits per heavy atom. The third-order valence-corrected chi connectivity index (χ3v) is 4.30. The second-order valence-electron chi connectivity index (χ2n) is 6.06. The standard InChI is InChI=1S/C19H23N3O2/c1-15-5-6-19(24-15)18(22-7-9-23-10-8-22)14-21-13-17-4-2-3-16(11-17)12-20/h2-6,11,18,21H,7-10,13-14H2,1H3/t18-/m0/s1. The molecule has 0 aliphatic carbocycles. The van der Waals surface area contributed by atoms with Crippen LogP contribution in [0.4, 0.5) is 0 Å². The Balaban J connectivity index is 1.64. The maximum atomic E-state index is 9.00. The number of hydrogen-bond donors (Lipinski definition) is 1. The van der Waals surface area contributed by atoms with E-state index in [0.29, 0.717) is 5.56 Å². The van der Waals surface area contributed by atoms with Crippen molar-refractivity contribution in [2.75, 3.05) is 32.8 Å². The van der Waals surface area contributed by atoms with E-state index in [1.807, 2.05) is 37.3 Å². The molecule has 1 aliphatic rings. The summed E-state index contributed by atoms with van der Waals surface area (Å²) in [6, 6.07) is 14.2. The van der Waals surface area contributed by atoms with Crippen molar-refractivity contribution in [2.24, 2.45) is 0 Å². The first-order valence-corrected chi connectivity index (χ1v) is 8.34. The van der Waals surface area contributed by atoms with Crippen LogP contribution < -0.4 is 5.32 Å². The summed E-state index contributed by atoms with van der Waals surface area (Å²) >= 11 is 0. The third-order valence-electron chi connectivity index (χ3n) is 4.30. The summed E-state index contributed by atoms with van der Waals surface area (Å²) in [7, 11) is 0. The van der Waals surface area contributed by atoms with Gasteiger partial charge in [-0.1, -0.05) is 12.1 Å². The van der Waals surface area contributed by atoms with Crippen LogP contribution >= 0.6 is 0 Å². The smallest absolute Gasteiger partial charge is 0.122 e. The fourth-order valence-electron chi connectivity index (χ4n) is 3.04. The van der Waals surface area contributed by atoms with E-state index in [-0.39, 0.29) is 6.04 Å². The lowest BCUT2D eigenvalue weighted by atomic mass is 10.1. The molecule has 1 fully saturated rings. The summed E-state index contributed by atoms with van der Waals surface area (Å²) in [4.78, 5) is 2.40. The molecule has 3 rings (SSSR count). The first-order chi connectivity index (χ1) is 11.8. The molecule has 1 atom stereocenters. The summed E-state index contributed by atoms with van der Waals surface area (Å²) in [5.74, 6) is 1.93. The van der Waals surface area contributed by atoms with Crippen molar-refractivity contribution in [1.82, 2.24) is 10.2 Å². The molecule has 0 bridgehead atoms. The number of nitriles is 1. The van der Waals surface area contributed by atoms with Crippen molar-refractivity contribution < 1.29 is 9.15 Å². The quantitative estimate of drug-likeness (QED) is 0.884. The lowest BCUT2D eigenvalue weighted by Crippen LogP contribution is -2.42. The third kappa shape index (κ3) is 4.24. The van der Waals surface area contributed by atoms with Crippen molar-refractivity contribution in [3.63, 3.8) is 0 Å². The average molecular weight is 325 g/mol. The Bertz CT molecular complexity index is 699. The molecule has 0 saturated carbocycles. The number of benzene rings is 1. The van der Waals surface area contributed by atoms with E-state index < -0.39 is 0 Å². The minimum absolute atomic E-state index is 0.196. The number of nitrogens with one attached hydrogen (secondary N) is 1. The zero-order valence-corrected chi connectivity index (χ0v) is 14.0. The van der Waals surface area contributed by atoms with E-state index in [0.717, 1.165) is 56.5 Å². The van der Waals surface area contributed by atoms with E-state index in [1.54, 1.807) is 0 Å². The lowest BCUT2D eigenvalue weighted by Gasteiger charge is -2.33. The molecule has 5 nitrogen and oxygen atoms in total. The van der Waals surface area contributed by atoms with Crippen LogP contribution in [0, 0.1) is 18.3 Å². The number of aryl methyl sites for hydroxylation is 1. The van der Waals surface area contributed by atoms with Crippen molar-refractivity contribution in [1.29, 1.82) is 5.26 Å². The fraction of sp³-hybridized carbons (Fsp3) is 0.421. The number of morpholine rings is 1. The molecular formula is C19H23N3O2. The number of hydrogen-bond acceptors (Lipinski definition) is 5. The van der Waals surface area contributed by atoms with Crippen molar-refractivity contribution in [2.45, 2.75) is 19.5 Å². The lowest BCUT2D eigenvalue weighted by molar-refractivity contribution is 0.0115. The molecule has 0 unspecified atom stereocenters. The summed E-state index contributed by atoms with van der Waals surface area (Å²) in [6.45, 7) is 6.85. The van der Waals surface area contributed by atoms with Gasteiger partial charge in [-0.2, -0.15) is 5.26 Å². The summed E-state index contributed by atoms with van der Waals surface area (Å²) in [5.41, 5.74) is 1.81. The highest BCUT2D eigenvalue weighted by Gasteiger charge is 2.24. The van der Waals surface area contributed by atoms with Crippen LogP contribution in [0.15, 0.2) is 40.8 Å². The second kappa shape index (κ2) is 8.11. The molecule has 1 saturated heterocycles. The van der Waals surface area contributed by atoms with Gasteiger partial charge >= 0.3 is 0 Å². The van der Waals surface area contributed by atoms with Crippen LogP contribution in [0.1, 0.15) is 28.7 Å². The predicted octanol–water partition coefficient (Wildman–Crippen LogP) is 2.62. The highest BCUT2D eigenvalue weighted by atomic mass is 16.5. The molecule has 0 radical (unpaired) electrons. The largest absolute Gasteiger partial charge is 0.465 e. The number of ether oxygens (including phenoxy) is 1. The Hall–Kier alpha value is -2.13. The summed E-state index contributed by atoms with van der Waals surface area (Å²) < 4.78 is 11.3. The van der Waals surface area contributed by atoms with E-state index in [1.165, 1.54) is 0 Å². The average Bonchev–Trinajstić information content (AvgIpc) is 3.05. The predicted molar refractivity (Wildman–Crippen MR) is 91.4 cm³/mol. The Kier molecular flexibility index (Phi) is 5.65. The Labute approximate surface area is 142 Å². The van der Waals surface area contributed by atoms with Gasteiger partial charge in [-0.25, -0.2) is 0 Å². The Morgan fingerprint density at radius 3 is 2.79 bits per heavy atom. The van der Waals surface area contributed by atoms with Crippen LogP contribution in [0.5, 0.6) is 0 Å². The monoisotopic (exact) mass is 325 g/mol. The molecular weight excluding hydrogens is 302 g/mol. The minimum atomic E-state index is 0.196. The van der Waals surface area contributed by atoms with Crippen molar-refractivity contribution in [3.8, 4) is 6.07 Å². The molecule has 1 N–H and O–H groups in total. The number of furan rings is 1. The van der Waals surface area contributed by atoms with Gasteiger partial charge in [0.05, 0.1) is 30.9 Å². The molecule has 5 heteroatoms.